The Kier molecular flexibility index (Phi) is 4.53. The van der Waals surface area contributed by atoms with E-state index in [-0.39, 0.29) is 11.9 Å². The van der Waals surface area contributed by atoms with Crippen molar-refractivity contribution in [1.29, 1.82) is 0 Å². The number of nitrogens with zero attached hydrogens (tertiary/aromatic N) is 3. The molecule has 140 valence electrons. The predicted octanol–water partition coefficient (Wildman–Crippen LogP) is 3.32. The normalized spacial score (nSPS) is 16.5. The van der Waals surface area contributed by atoms with Gasteiger partial charge in [-0.2, -0.15) is 4.98 Å². The summed E-state index contributed by atoms with van der Waals surface area (Å²) in [7, 11) is 3.15. The highest BCUT2D eigenvalue weighted by Crippen LogP contribution is 2.35. The molecule has 3 aromatic rings. The van der Waals surface area contributed by atoms with Crippen molar-refractivity contribution in [3.63, 3.8) is 0 Å². The zero-order chi connectivity index (χ0) is 18.8. The maximum atomic E-state index is 12.6. The summed E-state index contributed by atoms with van der Waals surface area (Å²) in [5, 5.41) is 4.07. The number of rotatable bonds is 5. The third-order valence-electron chi connectivity index (χ3n) is 4.61. The lowest BCUT2D eigenvalue weighted by Crippen LogP contribution is -2.30. The molecule has 0 bridgehead atoms. The summed E-state index contributed by atoms with van der Waals surface area (Å²) < 4.78 is 21.3. The lowest BCUT2D eigenvalue weighted by Gasteiger charge is -2.20. The Bertz CT molecular complexity index is 935. The smallest absolute Gasteiger partial charge is 0.290 e. The highest BCUT2D eigenvalue weighted by atomic mass is 16.5. The van der Waals surface area contributed by atoms with Gasteiger partial charge >= 0.3 is 0 Å². The van der Waals surface area contributed by atoms with Crippen LogP contribution in [0.15, 0.2) is 45.5 Å². The number of benzene rings is 1. The molecule has 1 fully saturated rings. The summed E-state index contributed by atoms with van der Waals surface area (Å²) in [5.74, 6) is 2.18. The molecule has 8 heteroatoms. The highest BCUT2D eigenvalue weighted by molar-refractivity contribution is 5.91. The van der Waals surface area contributed by atoms with E-state index in [0.717, 1.165) is 18.4 Å². The molecule has 0 radical (unpaired) electrons. The largest absolute Gasteiger partial charge is 0.493 e. The monoisotopic (exact) mass is 369 g/mol. The Morgan fingerprint density at radius 3 is 2.81 bits per heavy atom. The van der Waals surface area contributed by atoms with Crippen LogP contribution in [0.4, 0.5) is 0 Å². The van der Waals surface area contributed by atoms with Crippen molar-refractivity contribution in [2.45, 2.75) is 18.9 Å². The molecule has 1 atom stereocenters. The second kappa shape index (κ2) is 7.14. The van der Waals surface area contributed by atoms with E-state index < -0.39 is 0 Å². The van der Waals surface area contributed by atoms with Crippen LogP contribution in [0, 0.1) is 0 Å². The molecule has 0 unspecified atom stereocenters. The molecule has 0 saturated carbocycles. The van der Waals surface area contributed by atoms with Crippen molar-refractivity contribution in [3.8, 4) is 22.9 Å². The second-order valence-electron chi connectivity index (χ2n) is 6.16. The third-order valence-corrected chi connectivity index (χ3v) is 4.61. The molecule has 1 aromatic carbocycles. The van der Waals surface area contributed by atoms with Crippen molar-refractivity contribution < 1.29 is 23.2 Å². The average molecular weight is 369 g/mol. The quantitative estimate of drug-likeness (QED) is 0.681. The van der Waals surface area contributed by atoms with Crippen LogP contribution in [0.1, 0.15) is 35.3 Å². The molecule has 0 N–H and O–H groups in total. The Morgan fingerprint density at radius 2 is 2.07 bits per heavy atom. The minimum atomic E-state index is -0.260. The van der Waals surface area contributed by atoms with Gasteiger partial charge in [-0.1, -0.05) is 5.16 Å². The van der Waals surface area contributed by atoms with Crippen LogP contribution in [-0.4, -0.2) is 41.7 Å². The molecule has 2 aromatic heterocycles. The van der Waals surface area contributed by atoms with Gasteiger partial charge in [0.1, 0.15) is 6.04 Å². The summed E-state index contributed by atoms with van der Waals surface area (Å²) in [6.07, 6.45) is 3.12. The van der Waals surface area contributed by atoms with Gasteiger partial charge in [-0.05, 0) is 43.2 Å². The SMILES string of the molecule is COc1ccc(-c2noc([C@H]3CCCN3C(=O)c3ccco3)n2)cc1OC. The van der Waals surface area contributed by atoms with E-state index in [0.29, 0.717) is 35.5 Å². The first-order chi connectivity index (χ1) is 13.2. The molecule has 4 rings (SSSR count). The third kappa shape index (κ3) is 3.14. The minimum absolute atomic E-state index is 0.173. The zero-order valence-corrected chi connectivity index (χ0v) is 15.0. The van der Waals surface area contributed by atoms with E-state index in [1.54, 1.807) is 43.4 Å². The molecule has 27 heavy (non-hydrogen) atoms. The number of aromatic nitrogens is 2. The van der Waals surface area contributed by atoms with E-state index in [1.165, 1.54) is 6.26 Å². The van der Waals surface area contributed by atoms with Crippen LogP contribution in [0.3, 0.4) is 0 Å². The zero-order valence-electron chi connectivity index (χ0n) is 15.0. The Morgan fingerprint density at radius 1 is 1.22 bits per heavy atom. The molecular weight excluding hydrogens is 350 g/mol. The van der Waals surface area contributed by atoms with Crippen LogP contribution in [0.2, 0.25) is 0 Å². The lowest BCUT2D eigenvalue weighted by atomic mass is 10.2. The van der Waals surface area contributed by atoms with Crippen molar-refractivity contribution in [2.75, 3.05) is 20.8 Å². The van der Waals surface area contributed by atoms with Crippen molar-refractivity contribution >= 4 is 5.91 Å². The molecule has 0 spiro atoms. The maximum Gasteiger partial charge on any atom is 0.290 e. The fraction of sp³-hybridized carbons (Fsp3) is 0.316. The van der Waals surface area contributed by atoms with Crippen molar-refractivity contribution in [3.05, 3.63) is 48.2 Å². The summed E-state index contributed by atoms with van der Waals surface area (Å²) in [4.78, 5) is 18.9. The Labute approximate surface area is 155 Å². The standard InChI is InChI=1S/C19H19N3O5/c1-24-14-8-7-12(11-16(14)25-2)17-20-18(27-21-17)13-5-3-9-22(13)19(23)15-6-4-10-26-15/h4,6-8,10-11,13H,3,5,9H2,1-2H3/t13-/m1/s1. The van der Waals surface area contributed by atoms with E-state index in [9.17, 15) is 4.79 Å². The summed E-state index contributed by atoms with van der Waals surface area (Å²) in [5.41, 5.74) is 0.740. The maximum absolute atomic E-state index is 12.6. The minimum Gasteiger partial charge on any atom is -0.493 e. The van der Waals surface area contributed by atoms with Gasteiger partial charge in [0.2, 0.25) is 11.7 Å². The van der Waals surface area contributed by atoms with Crippen LogP contribution in [-0.2, 0) is 0 Å². The molecule has 3 heterocycles. The van der Waals surface area contributed by atoms with Crippen LogP contribution >= 0.6 is 0 Å². The Hall–Kier alpha value is -3.29. The summed E-state index contributed by atoms with van der Waals surface area (Å²) in [6.45, 7) is 0.623. The van der Waals surface area contributed by atoms with Crippen LogP contribution < -0.4 is 9.47 Å². The van der Waals surface area contributed by atoms with Gasteiger partial charge in [0, 0.05) is 12.1 Å². The van der Waals surface area contributed by atoms with E-state index in [4.69, 9.17) is 18.4 Å². The van der Waals surface area contributed by atoms with Gasteiger partial charge in [-0.3, -0.25) is 4.79 Å². The predicted molar refractivity (Wildman–Crippen MR) is 94.6 cm³/mol. The lowest BCUT2D eigenvalue weighted by molar-refractivity contribution is 0.0678. The Balaban J connectivity index is 1.59. The van der Waals surface area contributed by atoms with E-state index >= 15 is 0 Å². The molecule has 0 aliphatic carbocycles. The molecular formula is C19H19N3O5. The molecule has 1 saturated heterocycles. The van der Waals surface area contributed by atoms with E-state index in [2.05, 4.69) is 10.1 Å². The second-order valence-corrected chi connectivity index (χ2v) is 6.16. The number of likely N-dealkylation sites (tertiary alicyclic amines) is 1. The molecule has 1 amide bonds. The average Bonchev–Trinajstić information content (AvgIpc) is 3.47. The number of amides is 1. The van der Waals surface area contributed by atoms with Crippen molar-refractivity contribution in [2.24, 2.45) is 0 Å². The summed E-state index contributed by atoms with van der Waals surface area (Å²) in [6, 6.07) is 8.49. The number of furan rings is 1. The fourth-order valence-electron chi connectivity index (χ4n) is 3.27. The first kappa shape index (κ1) is 17.1. The van der Waals surface area contributed by atoms with Gasteiger partial charge in [0.05, 0.1) is 20.5 Å². The highest BCUT2D eigenvalue weighted by Gasteiger charge is 2.35. The summed E-state index contributed by atoms with van der Waals surface area (Å²) >= 11 is 0. The van der Waals surface area contributed by atoms with Crippen LogP contribution in [0.25, 0.3) is 11.4 Å². The van der Waals surface area contributed by atoms with Gasteiger partial charge in [0.25, 0.3) is 5.91 Å². The number of hydrogen-bond acceptors (Lipinski definition) is 7. The number of ether oxygens (including phenoxy) is 2. The van der Waals surface area contributed by atoms with Gasteiger partial charge < -0.3 is 23.3 Å². The van der Waals surface area contributed by atoms with Gasteiger partial charge in [-0.25, -0.2) is 0 Å². The van der Waals surface area contributed by atoms with E-state index in [1.807, 2.05) is 6.07 Å². The number of methoxy groups -OCH3 is 2. The molecule has 1 aliphatic rings. The first-order valence-electron chi connectivity index (χ1n) is 8.61. The molecule has 1 aliphatic heterocycles. The number of hydrogen-bond donors (Lipinski definition) is 0. The van der Waals surface area contributed by atoms with Gasteiger partial charge in [0.15, 0.2) is 17.3 Å². The van der Waals surface area contributed by atoms with Crippen molar-refractivity contribution in [1.82, 2.24) is 15.0 Å². The first-order valence-corrected chi connectivity index (χ1v) is 8.61. The molecule has 8 nitrogen and oxygen atoms in total. The van der Waals surface area contributed by atoms with Gasteiger partial charge in [-0.15, -0.1) is 0 Å². The fourth-order valence-corrected chi connectivity index (χ4v) is 3.27. The number of carbonyl (C=O) groups excluding carboxylic acids is 1. The van der Waals surface area contributed by atoms with Crippen LogP contribution in [0.5, 0.6) is 11.5 Å². The number of carbonyl (C=O) groups is 1. The topological polar surface area (TPSA) is 90.8 Å².